The minimum Gasteiger partial charge on any atom is -0.347 e. The number of fused-ring (bicyclic) bond motifs is 6. The van der Waals surface area contributed by atoms with Crippen LogP contribution in [-0.4, -0.2) is 43.8 Å². The molecule has 162 valence electrons. The number of para-hydroxylation sites is 1. The Bertz CT molecular complexity index is 1440. The minimum absolute atomic E-state index is 0.159. The fourth-order valence-electron chi connectivity index (χ4n) is 4.53. The topological polar surface area (TPSA) is 99.9 Å². The van der Waals surface area contributed by atoms with Gasteiger partial charge < -0.3 is 10.2 Å². The Balaban J connectivity index is 1.30. The molecule has 0 saturated heterocycles. The summed E-state index contributed by atoms with van der Waals surface area (Å²) in [4.78, 5) is 42.6. The molecule has 33 heavy (non-hydrogen) atoms. The monoisotopic (exact) mass is 438 g/mol. The van der Waals surface area contributed by atoms with Crippen molar-refractivity contribution in [3.63, 3.8) is 0 Å². The van der Waals surface area contributed by atoms with E-state index in [9.17, 15) is 14.4 Å². The lowest BCUT2D eigenvalue weighted by atomic mass is 10.0. The highest BCUT2D eigenvalue weighted by atomic mass is 16.2. The summed E-state index contributed by atoms with van der Waals surface area (Å²) in [5, 5.41) is 11.0. The van der Waals surface area contributed by atoms with Gasteiger partial charge in [0.1, 0.15) is 12.7 Å². The predicted octanol–water partition coefficient (Wildman–Crippen LogP) is 2.16. The summed E-state index contributed by atoms with van der Waals surface area (Å²) in [6.45, 7) is -0.0424. The summed E-state index contributed by atoms with van der Waals surface area (Å²) in [6.07, 6.45) is 1.15. The van der Waals surface area contributed by atoms with Crippen molar-refractivity contribution in [2.24, 2.45) is 0 Å². The van der Waals surface area contributed by atoms with Crippen molar-refractivity contribution >= 4 is 29.1 Å². The molecular weight excluding hydrogens is 420 g/mol. The largest absolute Gasteiger partial charge is 0.347 e. The Labute approximate surface area is 188 Å². The number of nitrogens with zero attached hydrogens (tertiary/aromatic N) is 5. The highest BCUT2D eigenvalue weighted by Gasteiger charge is 2.48. The van der Waals surface area contributed by atoms with Crippen LogP contribution < -0.4 is 10.2 Å². The van der Waals surface area contributed by atoms with Gasteiger partial charge in [0.05, 0.1) is 17.8 Å². The normalized spacial score (nSPS) is 16.5. The fraction of sp³-hybridized carbons (Fsp3) is 0.125. The van der Waals surface area contributed by atoms with Gasteiger partial charge in [-0.05, 0) is 30.3 Å². The van der Waals surface area contributed by atoms with Crippen LogP contribution >= 0.6 is 0 Å². The van der Waals surface area contributed by atoms with Gasteiger partial charge in [-0.2, -0.15) is 0 Å². The van der Waals surface area contributed by atoms with E-state index in [2.05, 4.69) is 15.5 Å². The first-order chi connectivity index (χ1) is 16.1. The van der Waals surface area contributed by atoms with E-state index in [1.54, 1.807) is 45.7 Å². The summed E-state index contributed by atoms with van der Waals surface area (Å²) < 4.78 is 1.79. The zero-order valence-electron chi connectivity index (χ0n) is 17.4. The fourth-order valence-corrected chi connectivity index (χ4v) is 4.53. The first-order valence-corrected chi connectivity index (χ1v) is 10.5. The number of nitrogens with one attached hydrogen (secondary N) is 1. The van der Waals surface area contributed by atoms with Gasteiger partial charge in [0.25, 0.3) is 11.8 Å². The molecule has 0 saturated carbocycles. The van der Waals surface area contributed by atoms with Gasteiger partial charge in [-0.15, -0.1) is 10.2 Å². The first kappa shape index (κ1) is 19.2. The standard InChI is InChI=1S/C24H18N6O3/c31-21(25-13-20-27-26-19-11-5-6-12-28(19)20)14-29-22-15-7-1-2-8-16(15)24(33)30(22)18-10-4-3-9-17(18)23(29)32/h1-12,22H,13-14H2,(H,25,31)/t22-/m0/s1. The van der Waals surface area contributed by atoms with Crippen molar-refractivity contribution in [1.82, 2.24) is 24.8 Å². The lowest BCUT2D eigenvalue weighted by molar-refractivity contribution is -0.122. The number of benzene rings is 2. The molecule has 4 heterocycles. The average Bonchev–Trinajstić information content (AvgIpc) is 3.39. The molecule has 1 N–H and O–H groups in total. The number of rotatable bonds is 4. The molecule has 0 aliphatic carbocycles. The zero-order chi connectivity index (χ0) is 22.5. The maximum atomic E-state index is 13.4. The van der Waals surface area contributed by atoms with Gasteiger partial charge in [-0.25, -0.2) is 0 Å². The van der Waals surface area contributed by atoms with Crippen molar-refractivity contribution in [1.29, 1.82) is 0 Å². The van der Waals surface area contributed by atoms with Crippen LogP contribution in [0, 0.1) is 0 Å². The number of aromatic nitrogens is 3. The van der Waals surface area contributed by atoms with E-state index in [-0.39, 0.29) is 30.8 Å². The van der Waals surface area contributed by atoms with Crippen molar-refractivity contribution < 1.29 is 14.4 Å². The quantitative estimate of drug-likeness (QED) is 0.526. The van der Waals surface area contributed by atoms with Crippen LogP contribution in [0.15, 0.2) is 72.9 Å². The van der Waals surface area contributed by atoms with Crippen LogP contribution in [0.2, 0.25) is 0 Å². The first-order valence-electron chi connectivity index (χ1n) is 10.5. The highest BCUT2D eigenvalue weighted by molar-refractivity contribution is 6.17. The van der Waals surface area contributed by atoms with Gasteiger partial charge in [0.15, 0.2) is 11.5 Å². The van der Waals surface area contributed by atoms with Crippen LogP contribution in [0.1, 0.15) is 38.3 Å². The summed E-state index contributed by atoms with van der Waals surface area (Å²) in [5.74, 6) is -0.250. The number of carbonyl (C=O) groups is 3. The lowest BCUT2D eigenvalue weighted by Crippen LogP contribution is -2.51. The van der Waals surface area contributed by atoms with Crippen LogP contribution in [0.25, 0.3) is 5.65 Å². The molecular formula is C24H18N6O3. The molecule has 9 heteroatoms. The second-order valence-corrected chi connectivity index (χ2v) is 7.91. The van der Waals surface area contributed by atoms with Gasteiger partial charge in [0, 0.05) is 17.3 Å². The lowest BCUT2D eigenvalue weighted by Gasteiger charge is -2.40. The van der Waals surface area contributed by atoms with E-state index >= 15 is 0 Å². The number of hydrogen-bond acceptors (Lipinski definition) is 5. The predicted molar refractivity (Wildman–Crippen MR) is 118 cm³/mol. The highest BCUT2D eigenvalue weighted by Crippen LogP contribution is 2.44. The van der Waals surface area contributed by atoms with Crippen LogP contribution in [-0.2, 0) is 11.3 Å². The van der Waals surface area contributed by atoms with Gasteiger partial charge >= 0.3 is 0 Å². The van der Waals surface area contributed by atoms with E-state index in [0.717, 1.165) is 0 Å². The number of amides is 3. The third-order valence-corrected chi connectivity index (χ3v) is 6.02. The molecule has 0 unspecified atom stereocenters. The van der Waals surface area contributed by atoms with Gasteiger partial charge in [-0.1, -0.05) is 36.4 Å². The molecule has 2 aromatic carbocycles. The summed E-state index contributed by atoms with van der Waals surface area (Å²) in [7, 11) is 0. The van der Waals surface area contributed by atoms with E-state index in [1.165, 1.54) is 4.90 Å². The summed E-state index contributed by atoms with van der Waals surface area (Å²) >= 11 is 0. The molecule has 0 radical (unpaired) electrons. The zero-order valence-corrected chi connectivity index (χ0v) is 17.4. The SMILES string of the molecule is O=C(CN1C(=O)c2ccccc2N2C(=O)c3ccccc3[C@@H]12)NCc1nnc2ccccn12. The molecule has 2 aliphatic heterocycles. The van der Waals surface area contributed by atoms with Crippen molar-refractivity contribution in [3.05, 3.63) is 95.4 Å². The van der Waals surface area contributed by atoms with Crippen LogP contribution in [0.5, 0.6) is 0 Å². The van der Waals surface area contributed by atoms with Crippen molar-refractivity contribution in [3.8, 4) is 0 Å². The molecule has 6 rings (SSSR count). The molecule has 1 atom stereocenters. The van der Waals surface area contributed by atoms with E-state index < -0.39 is 6.17 Å². The number of carbonyl (C=O) groups excluding carboxylic acids is 3. The molecule has 0 bridgehead atoms. The van der Waals surface area contributed by atoms with E-state index in [1.807, 2.05) is 36.5 Å². The molecule has 2 aliphatic rings. The maximum Gasteiger partial charge on any atom is 0.260 e. The Morgan fingerprint density at radius 1 is 0.879 bits per heavy atom. The smallest absolute Gasteiger partial charge is 0.260 e. The molecule has 0 fully saturated rings. The maximum absolute atomic E-state index is 13.4. The molecule has 2 aromatic heterocycles. The number of pyridine rings is 1. The Morgan fingerprint density at radius 2 is 1.64 bits per heavy atom. The second kappa shape index (κ2) is 7.27. The minimum atomic E-state index is -0.671. The molecule has 9 nitrogen and oxygen atoms in total. The average molecular weight is 438 g/mol. The van der Waals surface area contributed by atoms with Crippen molar-refractivity contribution in [2.45, 2.75) is 12.7 Å². The Kier molecular flexibility index (Phi) is 4.22. The Hall–Kier alpha value is -4.53. The third-order valence-electron chi connectivity index (χ3n) is 6.02. The molecule has 0 spiro atoms. The van der Waals surface area contributed by atoms with Crippen molar-refractivity contribution in [2.75, 3.05) is 11.4 Å². The van der Waals surface area contributed by atoms with Gasteiger partial charge in [0.2, 0.25) is 5.91 Å². The van der Waals surface area contributed by atoms with Gasteiger partial charge in [-0.3, -0.25) is 23.7 Å². The molecule has 3 amide bonds. The van der Waals surface area contributed by atoms with E-state index in [4.69, 9.17) is 0 Å². The summed E-state index contributed by atoms with van der Waals surface area (Å²) in [6, 6.07) is 19.7. The number of hydrogen-bond donors (Lipinski definition) is 1. The third kappa shape index (κ3) is 2.89. The number of anilines is 1. The second-order valence-electron chi connectivity index (χ2n) is 7.91. The van der Waals surface area contributed by atoms with E-state index in [0.29, 0.717) is 33.8 Å². The van der Waals surface area contributed by atoms with Crippen LogP contribution in [0.4, 0.5) is 5.69 Å². The summed E-state index contributed by atoms with van der Waals surface area (Å²) in [5.41, 5.74) is 2.88. The van der Waals surface area contributed by atoms with Crippen LogP contribution in [0.3, 0.4) is 0 Å². The Morgan fingerprint density at radius 3 is 2.52 bits per heavy atom. The molecule has 4 aromatic rings.